The Kier molecular flexibility index (Phi) is 4.59. The van der Waals surface area contributed by atoms with Crippen molar-refractivity contribution >= 4 is 27.3 Å². The zero-order valence-electron chi connectivity index (χ0n) is 14.2. The van der Waals surface area contributed by atoms with Crippen molar-refractivity contribution in [2.75, 3.05) is 18.6 Å². The van der Waals surface area contributed by atoms with Gasteiger partial charge in [-0.25, -0.2) is 13.1 Å². The molecule has 0 saturated carbocycles. The van der Waals surface area contributed by atoms with Crippen LogP contribution in [-0.2, 0) is 9.84 Å². The van der Waals surface area contributed by atoms with Crippen molar-refractivity contribution in [1.82, 2.24) is 19.9 Å². The van der Waals surface area contributed by atoms with Crippen molar-refractivity contribution in [3.8, 4) is 5.69 Å². The molecule has 0 aliphatic carbocycles. The van der Waals surface area contributed by atoms with Gasteiger partial charge in [0.25, 0.3) is 5.91 Å². The average Bonchev–Trinajstić information content (AvgIpc) is 3.11. The lowest BCUT2D eigenvalue weighted by Crippen LogP contribution is -2.38. The number of amides is 1. The summed E-state index contributed by atoms with van der Waals surface area (Å²) in [6, 6.07) is 5.12. The summed E-state index contributed by atoms with van der Waals surface area (Å²) in [6.07, 6.45) is 0.450. The number of benzene rings is 1. The van der Waals surface area contributed by atoms with Gasteiger partial charge < -0.3 is 4.90 Å². The molecule has 1 fully saturated rings. The van der Waals surface area contributed by atoms with Crippen LogP contribution < -0.4 is 0 Å². The van der Waals surface area contributed by atoms with Gasteiger partial charge in [-0.2, -0.15) is 0 Å². The number of hydrogen-bond donors (Lipinski definition) is 0. The molecule has 0 radical (unpaired) electrons. The number of nitrogens with zero attached hydrogens (tertiary/aromatic N) is 4. The molecule has 1 aliphatic rings. The Bertz CT molecular complexity index is 939. The molecule has 0 spiro atoms. The highest BCUT2D eigenvalue weighted by Gasteiger charge is 2.34. The Morgan fingerprint density at radius 3 is 2.72 bits per heavy atom. The van der Waals surface area contributed by atoms with Crippen molar-refractivity contribution in [2.45, 2.75) is 26.3 Å². The van der Waals surface area contributed by atoms with Crippen LogP contribution in [0.2, 0.25) is 5.02 Å². The summed E-state index contributed by atoms with van der Waals surface area (Å²) in [6.45, 7) is 3.63. The lowest BCUT2D eigenvalue weighted by molar-refractivity contribution is 0.0741. The van der Waals surface area contributed by atoms with Crippen LogP contribution in [0, 0.1) is 13.8 Å². The zero-order valence-corrected chi connectivity index (χ0v) is 15.8. The standard InChI is InChI=1S/C16H19ClN4O3S/c1-10-13(17)5-4-6-14(10)21-11(2)15(18-19-21)16(22)20(3)12-7-8-25(23,24)9-12/h4-6,12H,7-9H2,1-3H3/t12-/m1/s1. The number of aromatic nitrogens is 3. The molecule has 2 aromatic rings. The van der Waals surface area contributed by atoms with Crippen molar-refractivity contribution in [1.29, 1.82) is 0 Å². The summed E-state index contributed by atoms with van der Waals surface area (Å²) < 4.78 is 24.9. The Hall–Kier alpha value is -1.93. The fourth-order valence-electron chi connectivity index (χ4n) is 2.99. The first kappa shape index (κ1) is 17.9. The van der Waals surface area contributed by atoms with E-state index in [2.05, 4.69) is 10.3 Å². The average molecular weight is 383 g/mol. The number of rotatable bonds is 3. The number of hydrogen-bond acceptors (Lipinski definition) is 5. The molecular weight excluding hydrogens is 364 g/mol. The monoisotopic (exact) mass is 382 g/mol. The molecule has 7 nitrogen and oxygen atoms in total. The zero-order chi connectivity index (χ0) is 18.4. The molecule has 2 heterocycles. The molecule has 1 aromatic carbocycles. The van der Waals surface area contributed by atoms with Gasteiger partial charge in [0.2, 0.25) is 0 Å². The quantitative estimate of drug-likeness (QED) is 0.808. The number of halogens is 1. The maximum Gasteiger partial charge on any atom is 0.276 e. The minimum Gasteiger partial charge on any atom is -0.336 e. The third-order valence-electron chi connectivity index (χ3n) is 4.64. The molecule has 1 atom stereocenters. The van der Waals surface area contributed by atoms with Crippen LogP contribution in [0.4, 0.5) is 0 Å². The van der Waals surface area contributed by atoms with E-state index in [0.29, 0.717) is 17.1 Å². The highest BCUT2D eigenvalue weighted by Crippen LogP contribution is 2.24. The summed E-state index contributed by atoms with van der Waals surface area (Å²) in [5.74, 6) is -0.219. The van der Waals surface area contributed by atoms with Crippen LogP contribution in [-0.4, -0.2) is 58.8 Å². The topological polar surface area (TPSA) is 85.2 Å². The molecule has 25 heavy (non-hydrogen) atoms. The lowest BCUT2D eigenvalue weighted by Gasteiger charge is -2.22. The molecule has 0 bridgehead atoms. The fraction of sp³-hybridized carbons (Fsp3) is 0.438. The highest BCUT2D eigenvalue weighted by molar-refractivity contribution is 7.91. The SMILES string of the molecule is Cc1c(Cl)cccc1-n1nnc(C(=O)N(C)[C@@H]2CCS(=O)(=O)C2)c1C. The Morgan fingerprint density at radius 1 is 1.36 bits per heavy atom. The van der Waals surface area contributed by atoms with Gasteiger partial charge in [-0.05, 0) is 38.0 Å². The second-order valence-corrected chi connectivity index (χ2v) is 8.93. The summed E-state index contributed by atoms with van der Waals surface area (Å²) in [4.78, 5) is 14.2. The molecule has 1 saturated heterocycles. The largest absolute Gasteiger partial charge is 0.336 e. The smallest absolute Gasteiger partial charge is 0.276 e. The number of sulfone groups is 1. The normalized spacial score (nSPS) is 19.1. The lowest BCUT2D eigenvalue weighted by atomic mass is 10.2. The third-order valence-corrected chi connectivity index (χ3v) is 6.80. The van der Waals surface area contributed by atoms with Gasteiger partial charge in [0, 0.05) is 18.1 Å². The van der Waals surface area contributed by atoms with E-state index in [0.717, 1.165) is 11.3 Å². The molecule has 0 N–H and O–H groups in total. The molecule has 1 amide bonds. The van der Waals surface area contributed by atoms with E-state index < -0.39 is 9.84 Å². The van der Waals surface area contributed by atoms with E-state index in [-0.39, 0.29) is 29.1 Å². The molecule has 1 aliphatic heterocycles. The van der Waals surface area contributed by atoms with Gasteiger partial charge in [0.1, 0.15) is 0 Å². The van der Waals surface area contributed by atoms with Gasteiger partial charge >= 0.3 is 0 Å². The van der Waals surface area contributed by atoms with Gasteiger partial charge in [0.05, 0.1) is 22.9 Å². The van der Waals surface area contributed by atoms with E-state index in [1.54, 1.807) is 24.7 Å². The maximum atomic E-state index is 12.7. The minimum absolute atomic E-state index is 0.00414. The summed E-state index contributed by atoms with van der Waals surface area (Å²) in [7, 11) is -1.46. The van der Waals surface area contributed by atoms with Crippen LogP contribution in [0.15, 0.2) is 18.2 Å². The van der Waals surface area contributed by atoms with Crippen LogP contribution in [0.3, 0.4) is 0 Å². The van der Waals surface area contributed by atoms with Gasteiger partial charge in [-0.1, -0.05) is 22.9 Å². The second kappa shape index (κ2) is 6.42. The third kappa shape index (κ3) is 3.28. The van der Waals surface area contributed by atoms with E-state index in [1.165, 1.54) is 4.90 Å². The van der Waals surface area contributed by atoms with Crippen LogP contribution >= 0.6 is 11.6 Å². The summed E-state index contributed by atoms with van der Waals surface area (Å²) in [5.41, 5.74) is 2.39. The van der Waals surface area contributed by atoms with Gasteiger partial charge in [0.15, 0.2) is 15.5 Å². The summed E-state index contributed by atoms with van der Waals surface area (Å²) in [5, 5.41) is 8.71. The van der Waals surface area contributed by atoms with Crippen molar-refractivity contribution < 1.29 is 13.2 Å². The molecule has 3 rings (SSSR count). The van der Waals surface area contributed by atoms with E-state index in [1.807, 2.05) is 19.1 Å². The van der Waals surface area contributed by atoms with Crippen LogP contribution in [0.25, 0.3) is 5.69 Å². The van der Waals surface area contributed by atoms with Crippen LogP contribution in [0.1, 0.15) is 28.2 Å². The van der Waals surface area contributed by atoms with Crippen molar-refractivity contribution in [3.63, 3.8) is 0 Å². The predicted molar refractivity (Wildman–Crippen MR) is 95.0 cm³/mol. The first-order valence-electron chi connectivity index (χ1n) is 7.86. The Morgan fingerprint density at radius 2 is 2.08 bits per heavy atom. The first-order chi connectivity index (χ1) is 11.7. The predicted octanol–water partition coefficient (Wildman–Crippen LogP) is 1.80. The van der Waals surface area contributed by atoms with E-state index in [9.17, 15) is 13.2 Å². The van der Waals surface area contributed by atoms with Crippen molar-refractivity contribution in [3.05, 3.63) is 40.2 Å². The van der Waals surface area contributed by atoms with Gasteiger partial charge in [-0.15, -0.1) is 5.10 Å². The van der Waals surface area contributed by atoms with Crippen molar-refractivity contribution in [2.24, 2.45) is 0 Å². The Balaban J connectivity index is 1.91. The number of carbonyl (C=O) groups is 1. The fourth-order valence-corrected chi connectivity index (χ4v) is 4.94. The number of carbonyl (C=O) groups excluding carboxylic acids is 1. The van der Waals surface area contributed by atoms with E-state index >= 15 is 0 Å². The molecule has 0 unspecified atom stereocenters. The second-order valence-electron chi connectivity index (χ2n) is 6.29. The molecule has 1 aromatic heterocycles. The maximum absolute atomic E-state index is 12.7. The molecule has 9 heteroatoms. The summed E-state index contributed by atoms with van der Waals surface area (Å²) >= 11 is 6.16. The van der Waals surface area contributed by atoms with Crippen LogP contribution in [0.5, 0.6) is 0 Å². The molecule has 134 valence electrons. The molecular formula is C16H19ClN4O3S. The highest BCUT2D eigenvalue weighted by atomic mass is 35.5. The van der Waals surface area contributed by atoms with Gasteiger partial charge in [-0.3, -0.25) is 4.79 Å². The minimum atomic E-state index is -3.06. The van der Waals surface area contributed by atoms with E-state index in [4.69, 9.17) is 11.6 Å². The Labute approximate surface area is 151 Å². The first-order valence-corrected chi connectivity index (χ1v) is 10.1.